The normalized spacial score (nSPS) is 13.0. The Kier molecular flexibility index (Phi) is 4.93. The van der Waals surface area contributed by atoms with E-state index in [9.17, 15) is 5.11 Å². The Morgan fingerprint density at radius 3 is 2.84 bits per heavy atom. The first-order valence-corrected chi connectivity index (χ1v) is 6.96. The van der Waals surface area contributed by atoms with E-state index in [0.29, 0.717) is 26.1 Å². The van der Waals surface area contributed by atoms with Gasteiger partial charge in [-0.15, -0.1) is 0 Å². The van der Waals surface area contributed by atoms with Gasteiger partial charge in [0.15, 0.2) is 0 Å². The first kappa shape index (κ1) is 14.0. The lowest BCUT2D eigenvalue weighted by atomic mass is 10.1. The third kappa shape index (κ3) is 3.33. The molecule has 19 heavy (non-hydrogen) atoms. The minimum absolute atomic E-state index is 0.393. The minimum atomic E-state index is -0.393. The van der Waals surface area contributed by atoms with Crippen LogP contribution in [0.15, 0.2) is 24.3 Å². The molecule has 1 unspecified atom stereocenters. The van der Waals surface area contributed by atoms with Gasteiger partial charge in [-0.1, -0.05) is 18.2 Å². The number of hydrogen-bond acceptors (Lipinski definition) is 3. The molecule has 0 radical (unpaired) electrons. The van der Waals surface area contributed by atoms with Gasteiger partial charge in [-0.25, -0.2) is 0 Å². The van der Waals surface area contributed by atoms with Gasteiger partial charge in [0.05, 0.1) is 17.3 Å². The number of hydrogen-bond donors (Lipinski definition) is 1. The number of aliphatic hydroxyl groups is 1. The quantitative estimate of drug-likeness (QED) is 0.779. The van der Waals surface area contributed by atoms with Crippen molar-refractivity contribution in [1.29, 1.82) is 0 Å². The molecule has 1 atom stereocenters. The van der Waals surface area contributed by atoms with Crippen molar-refractivity contribution in [2.75, 3.05) is 13.2 Å². The van der Waals surface area contributed by atoms with Gasteiger partial charge in [0, 0.05) is 31.6 Å². The fraction of sp³-hybridized carbons (Fsp3) is 0.533. The Labute approximate surface area is 114 Å². The zero-order valence-electron chi connectivity index (χ0n) is 11.7. The van der Waals surface area contributed by atoms with E-state index in [-0.39, 0.29) is 0 Å². The number of aryl methyl sites for hydroxylation is 1. The highest BCUT2D eigenvalue weighted by Crippen LogP contribution is 2.20. The first-order chi connectivity index (χ1) is 9.26. The maximum Gasteiger partial charge on any atom is 0.0729 e. The second-order valence-corrected chi connectivity index (χ2v) is 4.62. The number of para-hydroxylation sites is 1. The molecule has 0 aliphatic heterocycles. The summed E-state index contributed by atoms with van der Waals surface area (Å²) < 4.78 is 7.26. The number of rotatable bonds is 7. The molecule has 0 fully saturated rings. The van der Waals surface area contributed by atoms with E-state index in [1.165, 1.54) is 0 Å². The number of fused-ring (bicyclic) bond motifs is 1. The molecule has 4 heteroatoms. The van der Waals surface area contributed by atoms with Crippen molar-refractivity contribution in [3.63, 3.8) is 0 Å². The predicted molar refractivity (Wildman–Crippen MR) is 76.2 cm³/mol. The summed E-state index contributed by atoms with van der Waals surface area (Å²) in [5, 5.41) is 15.8. The van der Waals surface area contributed by atoms with E-state index in [4.69, 9.17) is 4.74 Å². The second-order valence-electron chi connectivity index (χ2n) is 4.62. The number of aromatic nitrogens is 2. The summed E-state index contributed by atoms with van der Waals surface area (Å²) in [6.07, 6.45) is 0.844. The zero-order chi connectivity index (χ0) is 13.7. The van der Waals surface area contributed by atoms with Crippen molar-refractivity contribution in [3.05, 3.63) is 30.0 Å². The molecule has 1 N–H and O–H groups in total. The molecule has 4 nitrogen and oxygen atoms in total. The van der Waals surface area contributed by atoms with E-state index in [0.717, 1.165) is 23.1 Å². The molecule has 1 heterocycles. The van der Waals surface area contributed by atoms with Gasteiger partial charge in [0.2, 0.25) is 0 Å². The molecule has 104 valence electrons. The molecule has 2 aromatic rings. The van der Waals surface area contributed by atoms with E-state index in [1.807, 2.05) is 23.7 Å². The average molecular weight is 262 g/mol. The third-order valence-electron chi connectivity index (χ3n) is 3.26. The smallest absolute Gasteiger partial charge is 0.0729 e. The summed E-state index contributed by atoms with van der Waals surface area (Å²) in [5.74, 6) is 0. The topological polar surface area (TPSA) is 47.3 Å². The van der Waals surface area contributed by atoms with Crippen molar-refractivity contribution in [2.45, 2.75) is 39.3 Å². The molecule has 0 bridgehead atoms. The summed E-state index contributed by atoms with van der Waals surface area (Å²) in [6, 6.07) is 8.17. The molecule has 0 saturated heterocycles. The highest BCUT2D eigenvalue weighted by atomic mass is 16.5. The summed E-state index contributed by atoms with van der Waals surface area (Å²) in [4.78, 5) is 0. The Bertz CT molecular complexity index is 522. The van der Waals surface area contributed by atoms with Gasteiger partial charge in [-0.05, 0) is 26.3 Å². The van der Waals surface area contributed by atoms with Crippen molar-refractivity contribution in [1.82, 2.24) is 9.78 Å². The highest BCUT2D eigenvalue weighted by Gasteiger charge is 2.13. The fourth-order valence-corrected chi connectivity index (χ4v) is 2.28. The van der Waals surface area contributed by atoms with E-state index in [1.54, 1.807) is 0 Å². The molecule has 0 aliphatic carbocycles. The lowest BCUT2D eigenvalue weighted by Crippen LogP contribution is -2.14. The van der Waals surface area contributed by atoms with Crippen LogP contribution < -0.4 is 0 Å². The van der Waals surface area contributed by atoms with Crippen LogP contribution in [-0.2, 0) is 17.7 Å². The molecule has 0 aliphatic rings. The molecule has 1 aromatic carbocycles. The zero-order valence-corrected chi connectivity index (χ0v) is 11.7. The van der Waals surface area contributed by atoms with Crippen LogP contribution in [0.2, 0.25) is 0 Å². The maximum absolute atomic E-state index is 10.0. The van der Waals surface area contributed by atoms with E-state index < -0.39 is 6.10 Å². The van der Waals surface area contributed by atoms with Crippen LogP contribution in [0.1, 0.15) is 26.0 Å². The Morgan fingerprint density at radius 2 is 2.11 bits per heavy atom. The number of ether oxygens (including phenoxy) is 1. The summed E-state index contributed by atoms with van der Waals surface area (Å²) in [6.45, 7) is 6.18. The number of benzene rings is 1. The largest absolute Gasteiger partial charge is 0.393 e. The Morgan fingerprint density at radius 1 is 1.32 bits per heavy atom. The predicted octanol–water partition coefficient (Wildman–Crippen LogP) is 2.39. The van der Waals surface area contributed by atoms with Crippen molar-refractivity contribution < 1.29 is 9.84 Å². The molecular formula is C15H22N2O2. The van der Waals surface area contributed by atoms with Gasteiger partial charge < -0.3 is 9.84 Å². The molecule has 2 rings (SSSR count). The summed E-state index contributed by atoms with van der Waals surface area (Å²) in [5.41, 5.74) is 2.11. The monoisotopic (exact) mass is 262 g/mol. The van der Waals surface area contributed by atoms with Crippen LogP contribution in [0.4, 0.5) is 0 Å². The van der Waals surface area contributed by atoms with E-state index in [2.05, 4.69) is 24.2 Å². The van der Waals surface area contributed by atoms with Crippen LogP contribution in [0.3, 0.4) is 0 Å². The molecule has 0 saturated carbocycles. The molecule has 0 spiro atoms. The summed E-state index contributed by atoms with van der Waals surface area (Å²) in [7, 11) is 0. The van der Waals surface area contributed by atoms with Crippen molar-refractivity contribution >= 4 is 10.9 Å². The van der Waals surface area contributed by atoms with Crippen LogP contribution in [0.5, 0.6) is 0 Å². The first-order valence-electron chi connectivity index (χ1n) is 6.96. The standard InChI is InChI=1S/C15H22N2O2/c1-3-17-15-8-6-5-7-13(15)14(16-17)11-12(18)9-10-19-4-2/h5-8,12,18H,3-4,9-11H2,1-2H3. The maximum atomic E-state index is 10.0. The highest BCUT2D eigenvalue weighted by molar-refractivity contribution is 5.81. The molecule has 1 aromatic heterocycles. The second kappa shape index (κ2) is 6.68. The van der Waals surface area contributed by atoms with E-state index >= 15 is 0 Å². The Balaban J connectivity index is 2.12. The minimum Gasteiger partial charge on any atom is -0.393 e. The van der Waals surface area contributed by atoms with Gasteiger partial charge in [0.1, 0.15) is 0 Å². The summed E-state index contributed by atoms with van der Waals surface area (Å²) >= 11 is 0. The third-order valence-corrected chi connectivity index (χ3v) is 3.26. The molecular weight excluding hydrogens is 240 g/mol. The van der Waals surface area contributed by atoms with Crippen molar-refractivity contribution in [2.24, 2.45) is 0 Å². The van der Waals surface area contributed by atoms with Gasteiger partial charge in [-0.2, -0.15) is 5.10 Å². The van der Waals surface area contributed by atoms with Crippen LogP contribution in [0, 0.1) is 0 Å². The lowest BCUT2D eigenvalue weighted by Gasteiger charge is -2.08. The fourth-order valence-electron chi connectivity index (χ4n) is 2.28. The average Bonchev–Trinajstić information content (AvgIpc) is 2.77. The number of nitrogens with zero attached hydrogens (tertiary/aromatic N) is 2. The van der Waals surface area contributed by atoms with Gasteiger partial charge in [-0.3, -0.25) is 4.68 Å². The SMILES string of the molecule is CCOCCC(O)Cc1nn(CC)c2ccccc12. The van der Waals surface area contributed by atoms with Crippen LogP contribution in [0.25, 0.3) is 10.9 Å². The van der Waals surface area contributed by atoms with Crippen molar-refractivity contribution in [3.8, 4) is 0 Å². The molecule has 0 amide bonds. The van der Waals surface area contributed by atoms with Gasteiger partial charge >= 0.3 is 0 Å². The number of aliphatic hydroxyl groups excluding tert-OH is 1. The van der Waals surface area contributed by atoms with Crippen LogP contribution in [-0.4, -0.2) is 34.2 Å². The Hall–Kier alpha value is -1.39. The van der Waals surface area contributed by atoms with Crippen LogP contribution >= 0.6 is 0 Å². The lowest BCUT2D eigenvalue weighted by molar-refractivity contribution is 0.0883. The van der Waals surface area contributed by atoms with Gasteiger partial charge in [0.25, 0.3) is 0 Å².